The van der Waals surface area contributed by atoms with Crippen LogP contribution in [0, 0.1) is 11.3 Å². The highest BCUT2D eigenvalue weighted by Gasteiger charge is 2.32. The number of halogens is 1. The highest BCUT2D eigenvalue weighted by molar-refractivity contribution is 6.35. The third-order valence-corrected chi connectivity index (χ3v) is 4.25. The van der Waals surface area contributed by atoms with Gasteiger partial charge in [0.25, 0.3) is 0 Å². The fraction of sp³-hybridized carbons (Fsp3) is 0.250. The van der Waals surface area contributed by atoms with Crippen molar-refractivity contribution in [2.24, 2.45) is 0 Å². The van der Waals surface area contributed by atoms with E-state index in [9.17, 15) is 4.79 Å². The fourth-order valence-electron chi connectivity index (χ4n) is 2.58. The van der Waals surface area contributed by atoms with E-state index in [-0.39, 0.29) is 16.7 Å². The minimum Gasteiger partial charge on any atom is -0.382 e. The molecule has 1 aromatic heterocycles. The van der Waals surface area contributed by atoms with Gasteiger partial charge in [-0.25, -0.2) is 9.97 Å². The number of amides is 1. The number of aromatic nitrogens is 2. The number of carbonyl (C=O) groups is 1. The molecule has 122 valence electrons. The molecule has 1 atom stereocenters. The quantitative estimate of drug-likeness (QED) is 0.877. The lowest BCUT2D eigenvalue weighted by atomic mass is 10.1. The summed E-state index contributed by atoms with van der Waals surface area (Å²) in [6.45, 7) is 1.14. The van der Waals surface area contributed by atoms with E-state index in [0.29, 0.717) is 30.9 Å². The van der Waals surface area contributed by atoms with Gasteiger partial charge in [0, 0.05) is 13.1 Å². The molecule has 0 aliphatic carbocycles. The van der Waals surface area contributed by atoms with Crippen LogP contribution in [0.5, 0.6) is 0 Å². The molecule has 1 unspecified atom stereocenters. The second-order valence-electron chi connectivity index (χ2n) is 5.48. The van der Waals surface area contributed by atoms with E-state index in [0.717, 1.165) is 5.56 Å². The van der Waals surface area contributed by atoms with E-state index < -0.39 is 6.04 Å². The maximum absolute atomic E-state index is 12.5. The lowest BCUT2D eigenvalue weighted by Gasteiger charge is -2.18. The fourth-order valence-corrected chi connectivity index (χ4v) is 2.74. The van der Waals surface area contributed by atoms with Crippen molar-refractivity contribution in [3.05, 3.63) is 46.7 Å². The Labute approximate surface area is 144 Å². The summed E-state index contributed by atoms with van der Waals surface area (Å²) in [6.07, 6.45) is 1.95. The molecule has 1 saturated heterocycles. The van der Waals surface area contributed by atoms with Crippen molar-refractivity contribution in [1.29, 1.82) is 5.26 Å². The first-order chi connectivity index (χ1) is 11.6. The molecule has 2 aromatic rings. The maximum Gasteiger partial charge on any atom is 0.245 e. The van der Waals surface area contributed by atoms with Gasteiger partial charge in [-0.05, 0) is 24.1 Å². The van der Waals surface area contributed by atoms with Crippen molar-refractivity contribution in [1.82, 2.24) is 14.9 Å². The van der Waals surface area contributed by atoms with Crippen LogP contribution in [0.1, 0.15) is 17.5 Å². The first kappa shape index (κ1) is 16.0. The second kappa shape index (κ2) is 6.72. The average Bonchev–Trinajstić information content (AvgIpc) is 2.93. The molecule has 0 saturated carbocycles. The van der Waals surface area contributed by atoms with Crippen molar-refractivity contribution >= 4 is 29.1 Å². The first-order valence-electron chi connectivity index (χ1n) is 7.39. The van der Waals surface area contributed by atoms with Crippen molar-refractivity contribution in [2.75, 3.05) is 17.6 Å². The molecule has 3 rings (SSSR count). The highest BCUT2D eigenvalue weighted by atomic mass is 35.5. The Kier molecular flexibility index (Phi) is 4.49. The molecule has 1 amide bonds. The van der Waals surface area contributed by atoms with Gasteiger partial charge in [0.15, 0.2) is 5.82 Å². The number of anilines is 2. The smallest absolute Gasteiger partial charge is 0.245 e. The number of carbonyl (C=O) groups excluding carboxylic acids is 1. The predicted octanol–water partition coefficient (Wildman–Crippen LogP) is 1.80. The zero-order valence-electron chi connectivity index (χ0n) is 12.7. The van der Waals surface area contributed by atoms with Crippen LogP contribution in [0.3, 0.4) is 0 Å². The van der Waals surface area contributed by atoms with Crippen LogP contribution in [0.4, 0.5) is 11.6 Å². The van der Waals surface area contributed by atoms with Crippen LogP contribution in [-0.4, -0.2) is 33.4 Å². The van der Waals surface area contributed by atoms with Crippen LogP contribution in [0.15, 0.2) is 30.6 Å². The van der Waals surface area contributed by atoms with Gasteiger partial charge in [-0.2, -0.15) is 5.26 Å². The molecule has 1 aromatic carbocycles. The van der Waals surface area contributed by atoms with Gasteiger partial charge >= 0.3 is 0 Å². The summed E-state index contributed by atoms with van der Waals surface area (Å²) in [5, 5.41) is 12.1. The van der Waals surface area contributed by atoms with Gasteiger partial charge in [-0.1, -0.05) is 23.7 Å². The third kappa shape index (κ3) is 3.24. The number of rotatable bonds is 4. The van der Waals surface area contributed by atoms with Gasteiger partial charge in [0.05, 0.1) is 11.6 Å². The van der Waals surface area contributed by atoms with E-state index in [1.54, 1.807) is 17.0 Å². The predicted molar refractivity (Wildman–Crippen MR) is 90.1 cm³/mol. The number of nitrogens with one attached hydrogen (secondary N) is 1. The molecule has 1 aliphatic rings. The normalized spacial score (nSPS) is 16.9. The summed E-state index contributed by atoms with van der Waals surface area (Å²) in [5.41, 5.74) is 7.22. The van der Waals surface area contributed by atoms with Crippen molar-refractivity contribution in [3.63, 3.8) is 0 Å². The number of hydrogen-bond donors (Lipinski definition) is 2. The molecule has 8 heteroatoms. The number of hydrogen-bond acceptors (Lipinski definition) is 6. The minimum atomic E-state index is -0.393. The monoisotopic (exact) mass is 342 g/mol. The first-order valence-corrected chi connectivity index (χ1v) is 7.76. The lowest BCUT2D eigenvalue weighted by Crippen LogP contribution is -2.33. The van der Waals surface area contributed by atoms with Crippen LogP contribution < -0.4 is 11.1 Å². The van der Waals surface area contributed by atoms with Crippen molar-refractivity contribution in [2.45, 2.75) is 19.0 Å². The zero-order chi connectivity index (χ0) is 17.1. The average molecular weight is 343 g/mol. The van der Waals surface area contributed by atoms with E-state index in [2.05, 4.69) is 21.4 Å². The van der Waals surface area contributed by atoms with Gasteiger partial charge < -0.3 is 16.0 Å². The van der Waals surface area contributed by atoms with Crippen molar-refractivity contribution < 1.29 is 4.79 Å². The summed E-state index contributed by atoms with van der Waals surface area (Å²) >= 11 is 6.05. The van der Waals surface area contributed by atoms with Crippen LogP contribution in [0.25, 0.3) is 0 Å². The molecular formula is C16H15ClN6O. The van der Waals surface area contributed by atoms with Crippen LogP contribution >= 0.6 is 11.6 Å². The molecule has 0 bridgehead atoms. The summed E-state index contributed by atoms with van der Waals surface area (Å²) in [6, 6.07) is 8.88. The number of benzene rings is 1. The number of nitriles is 1. The molecule has 2 heterocycles. The van der Waals surface area contributed by atoms with Crippen molar-refractivity contribution in [3.8, 4) is 6.07 Å². The second-order valence-corrected chi connectivity index (χ2v) is 5.85. The SMILES string of the molecule is N#Cc1ccc(CN2CCC(Nc3ncnc(N)c3Cl)C2=O)cc1. The molecule has 0 radical (unpaired) electrons. The van der Waals surface area contributed by atoms with Crippen LogP contribution in [0.2, 0.25) is 5.02 Å². The molecule has 0 spiro atoms. The lowest BCUT2D eigenvalue weighted by molar-refractivity contribution is -0.128. The Bertz CT molecular complexity index is 801. The van der Waals surface area contributed by atoms with E-state index in [1.807, 2.05) is 12.1 Å². The van der Waals surface area contributed by atoms with E-state index >= 15 is 0 Å². The highest BCUT2D eigenvalue weighted by Crippen LogP contribution is 2.26. The molecule has 1 aliphatic heterocycles. The minimum absolute atomic E-state index is 0.0207. The topological polar surface area (TPSA) is 108 Å². The van der Waals surface area contributed by atoms with Gasteiger partial charge in [-0.3, -0.25) is 4.79 Å². The number of nitrogen functional groups attached to an aromatic ring is 1. The van der Waals surface area contributed by atoms with Gasteiger partial charge in [0.1, 0.15) is 23.2 Å². The summed E-state index contributed by atoms with van der Waals surface area (Å²) in [5.74, 6) is 0.518. The molecule has 7 nitrogen and oxygen atoms in total. The van der Waals surface area contributed by atoms with Gasteiger partial charge in [0.2, 0.25) is 5.91 Å². The van der Waals surface area contributed by atoms with E-state index in [4.69, 9.17) is 22.6 Å². The Morgan fingerprint density at radius 1 is 1.38 bits per heavy atom. The summed E-state index contributed by atoms with van der Waals surface area (Å²) in [7, 11) is 0. The summed E-state index contributed by atoms with van der Waals surface area (Å²) < 4.78 is 0. The number of likely N-dealkylation sites (tertiary alicyclic amines) is 1. The number of nitrogens with two attached hydrogens (primary N) is 1. The summed E-state index contributed by atoms with van der Waals surface area (Å²) in [4.78, 5) is 22.1. The van der Waals surface area contributed by atoms with Crippen LogP contribution in [-0.2, 0) is 11.3 Å². The Hall–Kier alpha value is -2.85. The Morgan fingerprint density at radius 2 is 2.12 bits per heavy atom. The molecule has 3 N–H and O–H groups in total. The Morgan fingerprint density at radius 3 is 2.83 bits per heavy atom. The van der Waals surface area contributed by atoms with Gasteiger partial charge in [-0.15, -0.1) is 0 Å². The Balaban J connectivity index is 1.66. The third-order valence-electron chi connectivity index (χ3n) is 3.88. The zero-order valence-corrected chi connectivity index (χ0v) is 13.5. The molecular weight excluding hydrogens is 328 g/mol. The largest absolute Gasteiger partial charge is 0.382 e. The number of nitrogens with zero attached hydrogens (tertiary/aromatic N) is 4. The molecule has 1 fully saturated rings. The van der Waals surface area contributed by atoms with E-state index in [1.165, 1.54) is 6.33 Å². The standard InChI is InChI=1S/C16H15ClN6O/c17-13-14(19)20-9-21-15(13)22-12-5-6-23(16(12)24)8-11-3-1-10(7-18)2-4-11/h1-4,9,12H,5-6,8H2,(H3,19,20,21,22). The maximum atomic E-state index is 12.5. The molecule has 24 heavy (non-hydrogen) atoms.